The Morgan fingerprint density at radius 3 is 2.77 bits per heavy atom. The summed E-state index contributed by atoms with van der Waals surface area (Å²) in [5, 5.41) is 12.2. The summed E-state index contributed by atoms with van der Waals surface area (Å²) in [6, 6.07) is 6.37. The van der Waals surface area contributed by atoms with Crippen molar-refractivity contribution < 1.29 is 14.3 Å². The van der Waals surface area contributed by atoms with E-state index in [0.29, 0.717) is 41.5 Å². The van der Waals surface area contributed by atoms with E-state index in [1.807, 2.05) is 6.20 Å². The number of piperazine rings is 1. The maximum absolute atomic E-state index is 13.4. The number of hydrogen-bond donors (Lipinski definition) is 2. The number of aromatic nitrogens is 2. The molecule has 1 aliphatic rings. The third kappa shape index (κ3) is 5.11. The van der Waals surface area contributed by atoms with Crippen LogP contribution in [-0.2, 0) is 6.42 Å². The summed E-state index contributed by atoms with van der Waals surface area (Å²) < 4.78 is 14.1. The summed E-state index contributed by atoms with van der Waals surface area (Å²) in [6.07, 6.45) is 4.59. The molecule has 164 valence electrons. The molecule has 3 aromatic rings. The minimum Gasteiger partial charge on any atom is -0.396 e. The number of aliphatic hydroxyl groups excluding tert-OH is 1. The number of aliphatic hydroxyl groups is 1. The molecule has 7 nitrogen and oxygen atoms in total. The molecule has 4 rings (SSSR count). The maximum Gasteiger partial charge on any atom is 0.323 e. The minimum absolute atomic E-state index is 0.192. The highest BCUT2D eigenvalue weighted by Crippen LogP contribution is 2.27. The lowest BCUT2D eigenvalue weighted by Crippen LogP contribution is -2.50. The molecular formula is C22H26FN5O2S. The van der Waals surface area contributed by atoms with Crippen LogP contribution in [0.4, 0.5) is 20.1 Å². The van der Waals surface area contributed by atoms with Gasteiger partial charge in [-0.05, 0) is 55.5 Å². The smallest absolute Gasteiger partial charge is 0.323 e. The molecule has 1 saturated heterocycles. The molecule has 0 saturated carbocycles. The summed E-state index contributed by atoms with van der Waals surface area (Å²) in [5.41, 5.74) is 2.98. The van der Waals surface area contributed by atoms with E-state index >= 15 is 0 Å². The highest BCUT2D eigenvalue weighted by Gasteiger charge is 2.23. The van der Waals surface area contributed by atoms with Crippen molar-refractivity contribution in [3.8, 4) is 0 Å². The van der Waals surface area contributed by atoms with Gasteiger partial charge in [-0.2, -0.15) is 0 Å². The summed E-state index contributed by atoms with van der Waals surface area (Å²) in [4.78, 5) is 25.6. The van der Waals surface area contributed by atoms with E-state index in [0.717, 1.165) is 30.6 Å². The summed E-state index contributed by atoms with van der Waals surface area (Å²) in [7, 11) is 0. The predicted octanol–water partition coefficient (Wildman–Crippen LogP) is 3.81. The Morgan fingerprint density at radius 1 is 1.23 bits per heavy atom. The SMILES string of the molecule is Cc1cc(CCCCO)cnc1N1CCN(C(=O)Nc2nc3ccc(F)cc3s2)CC1. The summed E-state index contributed by atoms with van der Waals surface area (Å²) in [6.45, 7) is 4.87. The zero-order valence-corrected chi connectivity index (χ0v) is 18.3. The van der Waals surface area contributed by atoms with Gasteiger partial charge in [-0.15, -0.1) is 0 Å². The van der Waals surface area contributed by atoms with Crippen molar-refractivity contribution >= 4 is 38.5 Å². The average molecular weight is 444 g/mol. The van der Waals surface area contributed by atoms with Crippen LogP contribution in [0.2, 0.25) is 0 Å². The van der Waals surface area contributed by atoms with E-state index in [-0.39, 0.29) is 18.5 Å². The first-order valence-corrected chi connectivity index (χ1v) is 11.3. The maximum atomic E-state index is 13.4. The normalized spacial score (nSPS) is 14.3. The number of thiazole rings is 1. The molecule has 0 atom stereocenters. The number of pyridine rings is 1. The number of rotatable bonds is 6. The minimum atomic E-state index is -0.313. The van der Waals surface area contributed by atoms with E-state index in [1.54, 1.807) is 11.0 Å². The lowest BCUT2D eigenvalue weighted by Gasteiger charge is -2.35. The highest BCUT2D eigenvalue weighted by molar-refractivity contribution is 7.22. The number of carbonyl (C=O) groups is 1. The number of carbonyl (C=O) groups excluding carboxylic acids is 1. The molecule has 2 aromatic heterocycles. The highest BCUT2D eigenvalue weighted by atomic mass is 32.1. The number of nitrogens with zero attached hydrogens (tertiary/aromatic N) is 4. The van der Waals surface area contributed by atoms with Crippen molar-refractivity contribution in [1.82, 2.24) is 14.9 Å². The monoisotopic (exact) mass is 443 g/mol. The molecule has 0 aliphatic carbocycles. The molecule has 0 radical (unpaired) electrons. The van der Waals surface area contributed by atoms with Gasteiger partial charge in [0, 0.05) is 39.0 Å². The van der Waals surface area contributed by atoms with Gasteiger partial charge < -0.3 is 14.9 Å². The van der Waals surface area contributed by atoms with Crippen molar-refractivity contribution in [2.75, 3.05) is 43.0 Å². The number of unbranched alkanes of at least 4 members (excludes halogenated alkanes) is 1. The van der Waals surface area contributed by atoms with Crippen LogP contribution >= 0.6 is 11.3 Å². The first-order chi connectivity index (χ1) is 15.0. The number of anilines is 2. The first kappa shape index (κ1) is 21.5. The third-order valence-electron chi connectivity index (χ3n) is 5.41. The number of hydrogen-bond acceptors (Lipinski definition) is 6. The Hall–Kier alpha value is -2.78. The largest absolute Gasteiger partial charge is 0.396 e. The predicted molar refractivity (Wildman–Crippen MR) is 121 cm³/mol. The van der Waals surface area contributed by atoms with Gasteiger partial charge in [0.25, 0.3) is 0 Å². The van der Waals surface area contributed by atoms with Gasteiger partial charge in [0.05, 0.1) is 10.2 Å². The molecule has 1 fully saturated rings. The number of amides is 2. The van der Waals surface area contributed by atoms with Crippen LogP contribution < -0.4 is 10.2 Å². The van der Waals surface area contributed by atoms with Crippen LogP contribution in [0, 0.1) is 12.7 Å². The van der Waals surface area contributed by atoms with Gasteiger partial charge in [0.1, 0.15) is 11.6 Å². The second-order valence-corrected chi connectivity index (χ2v) is 8.73. The van der Waals surface area contributed by atoms with E-state index in [1.165, 1.54) is 29.0 Å². The van der Waals surface area contributed by atoms with Crippen LogP contribution in [0.25, 0.3) is 10.2 Å². The molecule has 2 N–H and O–H groups in total. The Labute approximate surface area is 184 Å². The van der Waals surface area contributed by atoms with Crippen LogP contribution in [0.15, 0.2) is 30.5 Å². The Kier molecular flexibility index (Phi) is 6.62. The summed E-state index contributed by atoms with van der Waals surface area (Å²) >= 11 is 1.27. The number of aryl methyl sites for hydroxylation is 2. The number of nitrogens with one attached hydrogen (secondary N) is 1. The quantitative estimate of drug-likeness (QED) is 0.566. The number of urea groups is 1. The zero-order chi connectivity index (χ0) is 21.8. The van der Waals surface area contributed by atoms with Crippen molar-refractivity contribution in [2.24, 2.45) is 0 Å². The first-order valence-electron chi connectivity index (χ1n) is 10.5. The molecule has 0 bridgehead atoms. The molecule has 1 aromatic carbocycles. The number of benzene rings is 1. The molecular weight excluding hydrogens is 417 g/mol. The van der Waals surface area contributed by atoms with E-state index in [9.17, 15) is 9.18 Å². The molecule has 2 amide bonds. The van der Waals surface area contributed by atoms with E-state index in [2.05, 4.69) is 33.2 Å². The fourth-order valence-corrected chi connectivity index (χ4v) is 4.66. The molecule has 0 spiro atoms. The topological polar surface area (TPSA) is 81.6 Å². The van der Waals surface area contributed by atoms with Crippen molar-refractivity contribution in [2.45, 2.75) is 26.2 Å². The average Bonchev–Trinajstić information content (AvgIpc) is 3.15. The van der Waals surface area contributed by atoms with E-state index < -0.39 is 0 Å². The molecule has 3 heterocycles. The Morgan fingerprint density at radius 2 is 2.03 bits per heavy atom. The van der Waals surface area contributed by atoms with Crippen LogP contribution in [-0.4, -0.2) is 58.8 Å². The zero-order valence-electron chi connectivity index (χ0n) is 17.5. The van der Waals surface area contributed by atoms with Gasteiger partial charge in [-0.3, -0.25) is 5.32 Å². The molecule has 0 unspecified atom stereocenters. The molecule has 31 heavy (non-hydrogen) atoms. The van der Waals surface area contributed by atoms with Crippen molar-refractivity contribution in [3.63, 3.8) is 0 Å². The third-order valence-corrected chi connectivity index (χ3v) is 6.35. The van der Waals surface area contributed by atoms with Gasteiger partial charge in [-0.1, -0.05) is 17.4 Å². The van der Waals surface area contributed by atoms with Gasteiger partial charge >= 0.3 is 6.03 Å². The van der Waals surface area contributed by atoms with Crippen molar-refractivity contribution in [1.29, 1.82) is 0 Å². The summed E-state index contributed by atoms with van der Waals surface area (Å²) in [5.74, 6) is 0.645. The second kappa shape index (κ2) is 9.57. The lowest BCUT2D eigenvalue weighted by atomic mass is 10.1. The second-order valence-electron chi connectivity index (χ2n) is 7.70. The van der Waals surface area contributed by atoms with Crippen molar-refractivity contribution in [3.05, 3.63) is 47.4 Å². The van der Waals surface area contributed by atoms with Gasteiger partial charge in [-0.25, -0.2) is 19.2 Å². The lowest BCUT2D eigenvalue weighted by molar-refractivity contribution is 0.208. The molecule has 9 heteroatoms. The van der Waals surface area contributed by atoms with Crippen LogP contribution in [0.5, 0.6) is 0 Å². The standard InChI is InChI=1S/C22H26FN5O2S/c1-15-12-16(4-2-3-11-29)14-24-20(15)27-7-9-28(10-8-27)22(30)26-21-25-18-6-5-17(23)13-19(18)31-21/h5-6,12-14,29H,2-4,7-11H2,1H3,(H,25,26,30). The van der Waals surface area contributed by atoms with E-state index in [4.69, 9.17) is 5.11 Å². The Balaban J connectivity index is 1.33. The van der Waals surface area contributed by atoms with Crippen LogP contribution in [0.3, 0.4) is 0 Å². The van der Waals surface area contributed by atoms with Crippen LogP contribution in [0.1, 0.15) is 24.0 Å². The van der Waals surface area contributed by atoms with Gasteiger partial charge in [0.2, 0.25) is 0 Å². The Bertz CT molecular complexity index is 1070. The molecule has 1 aliphatic heterocycles. The fourth-order valence-electron chi connectivity index (χ4n) is 3.78. The van der Waals surface area contributed by atoms with Gasteiger partial charge in [0.15, 0.2) is 5.13 Å². The number of halogens is 1. The number of fused-ring (bicyclic) bond motifs is 1. The fraction of sp³-hybridized carbons (Fsp3) is 0.409.